The number of carboxylic acids is 1. The molecule has 5 nitrogen and oxygen atoms in total. The molecule has 1 aliphatic carbocycles. The summed E-state index contributed by atoms with van der Waals surface area (Å²) in [5.74, 6) is -1.68. The molecule has 1 saturated carbocycles. The van der Waals surface area contributed by atoms with Crippen LogP contribution in [0, 0.1) is 11.8 Å². The van der Waals surface area contributed by atoms with Crippen LogP contribution in [0.2, 0.25) is 0 Å². The third-order valence-electron chi connectivity index (χ3n) is 4.72. The molecule has 1 heterocycles. The van der Waals surface area contributed by atoms with E-state index in [2.05, 4.69) is 24.2 Å². The maximum Gasteiger partial charge on any atom is 0.307 e. The predicted octanol–water partition coefficient (Wildman–Crippen LogP) is 1.09. The summed E-state index contributed by atoms with van der Waals surface area (Å²) in [6.45, 7) is 3.15. The van der Waals surface area contributed by atoms with Crippen molar-refractivity contribution in [3.8, 4) is 0 Å². The van der Waals surface area contributed by atoms with Crippen molar-refractivity contribution in [2.75, 3.05) is 13.6 Å². The third kappa shape index (κ3) is 3.26. The third-order valence-corrected chi connectivity index (χ3v) is 4.72. The summed E-state index contributed by atoms with van der Waals surface area (Å²) in [6, 6.07) is 0.673. The lowest BCUT2D eigenvalue weighted by atomic mass is 9.93. The Morgan fingerprint density at radius 2 is 1.89 bits per heavy atom. The second-order valence-corrected chi connectivity index (χ2v) is 6.04. The molecule has 2 aliphatic rings. The number of hydrogen-bond acceptors (Lipinski definition) is 3. The van der Waals surface area contributed by atoms with Gasteiger partial charge in [-0.25, -0.2) is 0 Å². The van der Waals surface area contributed by atoms with Gasteiger partial charge in [-0.2, -0.15) is 0 Å². The molecule has 108 valence electrons. The van der Waals surface area contributed by atoms with Crippen molar-refractivity contribution in [2.45, 2.75) is 51.1 Å². The maximum absolute atomic E-state index is 12.2. The Hall–Kier alpha value is -1.10. The van der Waals surface area contributed by atoms with Gasteiger partial charge in [-0.3, -0.25) is 9.59 Å². The van der Waals surface area contributed by atoms with Crippen molar-refractivity contribution in [3.63, 3.8) is 0 Å². The zero-order valence-electron chi connectivity index (χ0n) is 11.8. The first-order chi connectivity index (χ1) is 8.99. The van der Waals surface area contributed by atoms with Gasteiger partial charge in [0.05, 0.1) is 11.8 Å². The minimum atomic E-state index is -0.825. The number of likely N-dealkylation sites (tertiary alicyclic amines) is 1. The number of rotatable bonds is 3. The zero-order chi connectivity index (χ0) is 14.0. The molecule has 5 heteroatoms. The Bertz CT molecular complexity index is 359. The van der Waals surface area contributed by atoms with E-state index < -0.39 is 11.9 Å². The molecule has 4 unspecified atom stereocenters. The molecule has 0 aromatic carbocycles. The van der Waals surface area contributed by atoms with Crippen LogP contribution in [-0.2, 0) is 9.59 Å². The fourth-order valence-corrected chi connectivity index (χ4v) is 3.30. The first-order valence-electron chi connectivity index (χ1n) is 7.22. The molecule has 1 amide bonds. The Labute approximate surface area is 114 Å². The fraction of sp³-hybridized carbons (Fsp3) is 0.857. The van der Waals surface area contributed by atoms with Crippen molar-refractivity contribution < 1.29 is 14.7 Å². The van der Waals surface area contributed by atoms with Gasteiger partial charge < -0.3 is 15.3 Å². The number of hydrogen-bond donors (Lipinski definition) is 2. The Balaban J connectivity index is 1.89. The molecule has 1 saturated heterocycles. The average molecular weight is 268 g/mol. The lowest BCUT2D eigenvalue weighted by Gasteiger charge is -2.35. The highest BCUT2D eigenvalue weighted by Gasteiger charge is 2.38. The fourth-order valence-electron chi connectivity index (χ4n) is 3.30. The molecule has 1 aliphatic heterocycles. The first kappa shape index (κ1) is 14.3. The molecule has 2 fully saturated rings. The summed E-state index contributed by atoms with van der Waals surface area (Å²) in [4.78, 5) is 25.6. The van der Waals surface area contributed by atoms with Gasteiger partial charge >= 0.3 is 5.97 Å². The molecular formula is C14H24N2O3. The lowest BCUT2D eigenvalue weighted by Crippen LogP contribution is -2.49. The molecule has 0 radical (unpaired) electrons. The smallest absolute Gasteiger partial charge is 0.307 e. The first-order valence-corrected chi connectivity index (χ1v) is 7.22. The van der Waals surface area contributed by atoms with Crippen molar-refractivity contribution in [2.24, 2.45) is 11.8 Å². The number of carbonyl (C=O) groups excluding carboxylic acids is 1. The summed E-state index contributed by atoms with van der Waals surface area (Å²) in [7, 11) is 2.10. The van der Waals surface area contributed by atoms with Gasteiger partial charge in [0, 0.05) is 18.6 Å². The maximum atomic E-state index is 12.2. The van der Waals surface area contributed by atoms with E-state index in [0.29, 0.717) is 18.9 Å². The van der Waals surface area contributed by atoms with E-state index in [1.165, 1.54) is 0 Å². The van der Waals surface area contributed by atoms with E-state index in [-0.39, 0.29) is 17.9 Å². The van der Waals surface area contributed by atoms with E-state index in [1.54, 1.807) is 0 Å². The van der Waals surface area contributed by atoms with Crippen LogP contribution in [0.15, 0.2) is 0 Å². The quantitative estimate of drug-likeness (QED) is 0.804. The van der Waals surface area contributed by atoms with E-state index in [9.17, 15) is 9.59 Å². The van der Waals surface area contributed by atoms with Crippen molar-refractivity contribution >= 4 is 11.9 Å². The Morgan fingerprint density at radius 3 is 2.53 bits per heavy atom. The van der Waals surface area contributed by atoms with E-state index >= 15 is 0 Å². The van der Waals surface area contributed by atoms with E-state index in [0.717, 1.165) is 25.8 Å². The van der Waals surface area contributed by atoms with Crippen LogP contribution in [0.3, 0.4) is 0 Å². The van der Waals surface area contributed by atoms with E-state index in [4.69, 9.17) is 5.11 Å². The Kier molecular flexibility index (Phi) is 4.45. The van der Waals surface area contributed by atoms with Crippen molar-refractivity contribution in [3.05, 3.63) is 0 Å². The predicted molar refractivity (Wildman–Crippen MR) is 71.7 cm³/mol. The minimum Gasteiger partial charge on any atom is -0.481 e. The minimum absolute atomic E-state index is 0.0494. The van der Waals surface area contributed by atoms with Crippen LogP contribution in [-0.4, -0.2) is 47.6 Å². The van der Waals surface area contributed by atoms with Crippen LogP contribution < -0.4 is 5.32 Å². The Morgan fingerprint density at radius 1 is 1.21 bits per heavy atom. The highest BCUT2D eigenvalue weighted by Crippen LogP contribution is 2.32. The van der Waals surface area contributed by atoms with Crippen LogP contribution in [0.4, 0.5) is 0 Å². The summed E-state index contributed by atoms with van der Waals surface area (Å²) in [5, 5.41) is 12.2. The number of nitrogens with zero attached hydrogens (tertiary/aromatic N) is 1. The van der Waals surface area contributed by atoms with Crippen molar-refractivity contribution in [1.82, 2.24) is 10.2 Å². The highest BCUT2D eigenvalue weighted by atomic mass is 16.4. The number of carbonyl (C=O) groups is 2. The van der Waals surface area contributed by atoms with Gasteiger partial charge in [-0.05, 0) is 39.7 Å². The van der Waals surface area contributed by atoms with Crippen LogP contribution in [0.25, 0.3) is 0 Å². The van der Waals surface area contributed by atoms with Crippen LogP contribution in [0.5, 0.6) is 0 Å². The van der Waals surface area contributed by atoms with E-state index in [1.807, 2.05) is 0 Å². The number of aliphatic carboxylic acids is 1. The molecule has 0 aromatic heterocycles. The number of nitrogens with one attached hydrogen (secondary N) is 1. The number of amides is 1. The second kappa shape index (κ2) is 5.90. The molecule has 2 N–H and O–H groups in total. The number of piperidine rings is 1. The van der Waals surface area contributed by atoms with Gasteiger partial charge in [0.25, 0.3) is 0 Å². The molecular weight excluding hydrogens is 244 g/mol. The average Bonchev–Trinajstić information content (AvgIpc) is 2.83. The summed E-state index contributed by atoms with van der Waals surface area (Å²) < 4.78 is 0. The topological polar surface area (TPSA) is 69.6 Å². The summed E-state index contributed by atoms with van der Waals surface area (Å²) in [5.41, 5.74) is 0. The molecule has 4 atom stereocenters. The second-order valence-electron chi connectivity index (χ2n) is 6.04. The van der Waals surface area contributed by atoms with Gasteiger partial charge in [-0.1, -0.05) is 6.42 Å². The summed E-state index contributed by atoms with van der Waals surface area (Å²) in [6.07, 6.45) is 4.10. The van der Waals surface area contributed by atoms with Crippen molar-refractivity contribution in [1.29, 1.82) is 0 Å². The molecule has 0 bridgehead atoms. The van der Waals surface area contributed by atoms with Crippen LogP contribution in [0.1, 0.15) is 39.0 Å². The normalized spacial score (nSPS) is 36.1. The van der Waals surface area contributed by atoms with Gasteiger partial charge in [-0.15, -0.1) is 0 Å². The standard InChI is InChI=1S/C14H24N2O3/c1-9-8-10(6-7-16(9)2)15-13(17)11-4-3-5-12(11)14(18)19/h9-12H,3-8H2,1-2H3,(H,15,17)(H,18,19). The monoisotopic (exact) mass is 268 g/mol. The lowest BCUT2D eigenvalue weighted by molar-refractivity contribution is -0.146. The molecule has 2 rings (SSSR count). The summed E-state index contributed by atoms with van der Waals surface area (Å²) >= 11 is 0. The molecule has 0 spiro atoms. The molecule has 0 aromatic rings. The highest BCUT2D eigenvalue weighted by molar-refractivity contribution is 5.85. The SMILES string of the molecule is CC1CC(NC(=O)C2CCCC2C(=O)O)CCN1C. The molecule has 19 heavy (non-hydrogen) atoms. The zero-order valence-corrected chi connectivity index (χ0v) is 11.8. The number of carboxylic acid groups (broad SMARTS) is 1. The largest absolute Gasteiger partial charge is 0.481 e. The van der Waals surface area contributed by atoms with Crippen LogP contribution >= 0.6 is 0 Å². The van der Waals surface area contributed by atoms with Gasteiger partial charge in [0.2, 0.25) is 5.91 Å². The van der Waals surface area contributed by atoms with Gasteiger partial charge in [0.15, 0.2) is 0 Å². The van der Waals surface area contributed by atoms with Gasteiger partial charge in [0.1, 0.15) is 0 Å².